The predicted molar refractivity (Wildman–Crippen MR) is 192 cm³/mol. The van der Waals surface area contributed by atoms with Gasteiger partial charge in [-0.05, 0) is 80.5 Å². The van der Waals surface area contributed by atoms with Crippen molar-refractivity contribution < 1.29 is 68.6 Å². The van der Waals surface area contributed by atoms with E-state index in [1.165, 1.54) is 13.8 Å². The number of hydrogen-bond acceptors (Lipinski definition) is 14. The number of ether oxygens (including phenoxy) is 7. The summed E-state index contributed by atoms with van der Waals surface area (Å²) in [6.45, 7) is 12.4. The molecule has 4 saturated heterocycles. The molecule has 3 saturated carbocycles. The molecule has 0 radical (unpaired) electrons. The van der Waals surface area contributed by atoms with Crippen LogP contribution in [0.15, 0.2) is 11.6 Å². The van der Waals surface area contributed by atoms with E-state index in [0.717, 1.165) is 50.7 Å². The molecule has 0 aromatic carbocycles. The summed E-state index contributed by atoms with van der Waals surface area (Å²) in [6, 6.07) is 0. The van der Waals surface area contributed by atoms with E-state index in [9.17, 15) is 35.4 Å². The number of aliphatic hydroxyl groups excluding tert-OH is 6. The fourth-order valence-corrected chi connectivity index (χ4v) is 12.8. The largest absolute Gasteiger partial charge is 0.463 e. The summed E-state index contributed by atoms with van der Waals surface area (Å²) in [6.07, 6.45) is -6.41. The zero-order valence-corrected chi connectivity index (χ0v) is 33.1. The van der Waals surface area contributed by atoms with E-state index in [0.29, 0.717) is 36.0 Å². The lowest BCUT2D eigenvalue weighted by atomic mass is 9.46. The summed E-state index contributed by atoms with van der Waals surface area (Å²) >= 11 is 0. The Hall–Kier alpha value is -1.27. The first kappa shape index (κ1) is 40.5. The molecule has 4 heterocycles. The number of rotatable bonds is 6. The van der Waals surface area contributed by atoms with Crippen molar-refractivity contribution in [3.05, 3.63) is 11.6 Å². The Balaban J connectivity index is 1.07. The molecule has 14 heteroatoms. The van der Waals surface area contributed by atoms with Gasteiger partial charge in [-0.15, -0.1) is 0 Å². The highest BCUT2D eigenvalue weighted by molar-refractivity contribution is 5.65. The number of esters is 1. The van der Waals surface area contributed by atoms with Crippen LogP contribution in [0.25, 0.3) is 0 Å². The molecule has 0 aromatic heterocycles. The first-order valence-corrected chi connectivity index (χ1v) is 20.8. The van der Waals surface area contributed by atoms with Gasteiger partial charge in [0.1, 0.15) is 49.3 Å². The topological polar surface area (TPSA) is 203 Å². The highest BCUT2D eigenvalue weighted by Crippen LogP contribution is 2.71. The maximum Gasteiger partial charge on any atom is 0.302 e. The molecule has 7 fully saturated rings. The molecule has 0 amide bonds. The maximum atomic E-state index is 11.8. The zero-order valence-electron chi connectivity index (χ0n) is 33.1. The second kappa shape index (κ2) is 14.8. The van der Waals surface area contributed by atoms with Crippen LogP contribution in [0.3, 0.4) is 0 Å². The maximum absolute atomic E-state index is 11.8. The van der Waals surface area contributed by atoms with Gasteiger partial charge in [0.05, 0.1) is 31.0 Å². The van der Waals surface area contributed by atoms with E-state index in [4.69, 9.17) is 33.2 Å². The second-order valence-electron chi connectivity index (χ2n) is 19.0. The number of aliphatic hydroxyl groups is 6. The molecule has 22 atom stereocenters. The van der Waals surface area contributed by atoms with Gasteiger partial charge in [-0.3, -0.25) is 4.79 Å². The molecule has 1 spiro atoms. The van der Waals surface area contributed by atoms with Crippen molar-refractivity contribution in [3.8, 4) is 0 Å². The minimum atomic E-state index is -1.69. The summed E-state index contributed by atoms with van der Waals surface area (Å²) in [5.74, 6) is 1.14. The Morgan fingerprint density at radius 1 is 0.873 bits per heavy atom. The van der Waals surface area contributed by atoms with Crippen LogP contribution in [-0.2, 0) is 38.0 Å². The Bertz CT molecular complexity index is 1450. The lowest BCUT2D eigenvalue weighted by Crippen LogP contribution is -2.65. The van der Waals surface area contributed by atoms with Gasteiger partial charge >= 0.3 is 5.97 Å². The summed E-state index contributed by atoms with van der Waals surface area (Å²) in [7, 11) is 0. The summed E-state index contributed by atoms with van der Waals surface area (Å²) in [5.41, 5.74) is 0.696. The van der Waals surface area contributed by atoms with E-state index < -0.39 is 90.8 Å². The van der Waals surface area contributed by atoms with Gasteiger partial charge in [-0.25, -0.2) is 0 Å². The number of fused-ring (bicyclic) bond motifs is 7. The van der Waals surface area contributed by atoms with Crippen molar-refractivity contribution in [2.45, 2.75) is 178 Å². The predicted octanol–water partition coefficient (Wildman–Crippen LogP) is 1.93. The van der Waals surface area contributed by atoms with E-state index in [-0.39, 0.29) is 30.5 Å². The molecule has 8 rings (SSSR count). The zero-order chi connectivity index (χ0) is 39.4. The smallest absolute Gasteiger partial charge is 0.302 e. The molecule has 312 valence electrons. The molecule has 14 nitrogen and oxygen atoms in total. The molecule has 4 aliphatic carbocycles. The Morgan fingerprint density at radius 3 is 2.35 bits per heavy atom. The van der Waals surface area contributed by atoms with Crippen LogP contribution in [0, 0.1) is 46.3 Å². The Labute approximate surface area is 323 Å². The first-order valence-electron chi connectivity index (χ1n) is 20.8. The molecule has 0 unspecified atom stereocenters. The normalized spacial score (nSPS) is 56.2. The highest BCUT2D eigenvalue weighted by atomic mass is 16.8. The van der Waals surface area contributed by atoms with Crippen LogP contribution in [0.2, 0.25) is 0 Å². The van der Waals surface area contributed by atoms with Gasteiger partial charge in [0.25, 0.3) is 0 Å². The molecule has 8 aliphatic rings. The monoisotopic (exact) mass is 780 g/mol. The number of hydrogen-bond donors (Lipinski definition) is 6. The van der Waals surface area contributed by atoms with Crippen LogP contribution >= 0.6 is 0 Å². The number of carbonyl (C=O) groups excluding carboxylic acids is 1. The lowest BCUT2D eigenvalue weighted by Gasteiger charge is -2.60. The average Bonchev–Trinajstić information content (AvgIpc) is 3.59. The third-order valence-corrected chi connectivity index (χ3v) is 15.9. The molecule has 55 heavy (non-hydrogen) atoms. The van der Waals surface area contributed by atoms with Crippen LogP contribution in [0.5, 0.6) is 0 Å². The van der Waals surface area contributed by atoms with Crippen LogP contribution in [0.4, 0.5) is 0 Å². The van der Waals surface area contributed by atoms with E-state index in [2.05, 4.69) is 33.8 Å². The van der Waals surface area contributed by atoms with E-state index >= 15 is 0 Å². The average molecular weight is 781 g/mol. The minimum absolute atomic E-state index is 0.0825. The molecule has 4 aliphatic heterocycles. The standard InChI is InChI=1S/C41H64O14/c1-18-9-12-41(50-16-18)19(2)30-27(55-41)15-26-24-8-7-22-13-23(43)14-29(40(22,6)25(24)10-11-39(26,30)5)53-38-36(34(47)32(45)28(52-38)17-49-21(4)42)54-37-35(48)33(46)31(44)20(3)51-37/h7,18-20,23-38,43-48H,8-17H2,1-6H3/t18-,19+,20+,23-,24-,25-,26+,27+,28-,29-,30+,31+,32+,33-,34+,35-,36-,37+,38+,39+,40+,41-/m1/s1. The SMILES string of the molecule is CC(=O)OC[C@H]1O[C@@H](O[C@@H]2C[C@H](O)CC3=CC[C@@H]4[C@@H](CC[C@]5(C)[C@@H]6[C@H](C[C@@H]45)O[C@]4(CC[C@@H](C)CO4)[C@H]6C)[C@]32C)[C@H](O[C@@H]2O[C@@H](C)[C@H](O)[C@@H](O)[C@H]2O)[C@@H](O)[C@H]1O. The third kappa shape index (κ3) is 6.57. The van der Waals surface area contributed by atoms with Gasteiger partial charge < -0.3 is 63.8 Å². The van der Waals surface area contributed by atoms with Crippen molar-refractivity contribution in [1.29, 1.82) is 0 Å². The minimum Gasteiger partial charge on any atom is -0.463 e. The van der Waals surface area contributed by atoms with E-state index in [1.807, 2.05) is 0 Å². The lowest BCUT2D eigenvalue weighted by molar-refractivity contribution is -0.374. The first-order chi connectivity index (χ1) is 26.0. The molecular formula is C41H64O14. The van der Waals surface area contributed by atoms with Gasteiger partial charge in [0.15, 0.2) is 18.4 Å². The summed E-state index contributed by atoms with van der Waals surface area (Å²) < 4.78 is 43.7. The van der Waals surface area contributed by atoms with Gasteiger partial charge in [0.2, 0.25) is 0 Å². The quantitative estimate of drug-likeness (QED) is 0.169. The fraction of sp³-hybridized carbons (Fsp3) is 0.927. The van der Waals surface area contributed by atoms with E-state index in [1.54, 1.807) is 0 Å². The van der Waals surface area contributed by atoms with Crippen molar-refractivity contribution >= 4 is 5.97 Å². The van der Waals surface area contributed by atoms with Gasteiger partial charge in [-0.1, -0.05) is 39.3 Å². The Kier molecular flexibility index (Phi) is 10.9. The van der Waals surface area contributed by atoms with Crippen LogP contribution < -0.4 is 0 Å². The third-order valence-electron chi connectivity index (χ3n) is 15.9. The molecule has 6 N–H and O–H groups in total. The number of carbonyl (C=O) groups is 1. The van der Waals surface area contributed by atoms with Crippen molar-refractivity contribution in [1.82, 2.24) is 0 Å². The summed E-state index contributed by atoms with van der Waals surface area (Å²) in [4.78, 5) is 11.8. The second-order valence-corrected chi connectivity index (χ2v) is 19.0. The molecule has 0 bridgehead atoms. The molecular weight excluding hydrogens is 716 g/mol. The van der Waals surface area contributed by atoms with Crippen LogP contribution in [-0.4, -0.2) is 135 Å². The van der Waals surface area contributed by atoms with Crippen molar-refractivity contribution in [3.63, 3.8) is 0 Å². The van der Waals surface area contributed by atoms with Gasteiger partial charge in [-0.2, -0.15) is 0 Å². The Morgan fingerprint density at radius 2 is 1.64 bits per heavy atom. The van der Waals surface area contributed by atoms with Crippen molar-refractivity contribution in [2.75, 3.05) is 13.2 Å². The summed E-state index contributed by atoms with van der Waals surface area (Å²) in [5, 5.41) is 65.6. The molecule has 0 aromatic rings. The highest BCUT2D eigenvalue weighted by Gasteiger charge is 2.69. The van der Waals surface area contributed by atoms with Crippen molar-refractivity contribution in [2.24, 2.45) is 46.3 Å². The number of allylic oxidation sites excluding steroid dienone is 1. The van der Waals surface area contributed by atoms with Crippen LogP contribution in [0.1, 0.15) is 92.9 Å². The fourth-order valence-electron chi connectivity index (χ4n) is 12.8. The van der Waals surface area contributed by atoms with Gasteiger partial charge in [0, 0.05) is 31.1 Å².